The van der Waals surface area contributed by atoms with E-state index in [9.17, 15) is 0 Å². The number of anilines is 1. The first-order chi connectivity index (χ1) is 14.1. The van der Waals surface area contributed by atoms with E-state index >= 15 is 0 Å². The molecule has 1 atom stereocenters. The smallest absolute Gasteiger partial charge is 0.191 e. The second-order valence-corrected chi connectivity index (χ2v) is 7.99. The van der Waals surface area contributed by atoms with Crippen molar-refractivity contribution < 1.29 is 0 Å². The second kappa shape index (κ2) is 10.4. The molecule has 0 saturated carbocycles. The highest BCUT2D eigenvalue weighted by Crippen LogP contribution is 2.22. The average molecular weight is 542 g/mol. The highest BCUT2D eigenvalue weighted by atomic mass is 127. The van der Waals surface area contributed by atoms with Gasteiger partial charge in [-0.2, -0.15) is 5.10 Å². The van der Waals surface area contributed by atoms with Crippen LogP contribution in [0.25, 0.3) is 10.9 Å². The summed E-state index contributed by atoms with van der Waals surface area (Å²) in [5.74, 6) is 0.848. The molecule has 1 unspecified atom stereocenters. The predicted octanol–water partition coefficient (Wildman–Crippen LogP) is 3.55. The van der Waals surface area contributed by atoms with Gasteiger partial charge in [0.15, 0.2) is 5.96 Å². The SMILES string of the molecule is CN=C(NCCc1c[nH]c2ccc(Cl)cc12)NC1CCCN(c2cnn(C)c2)C1.I. The summed E-state index contributed by atoms with van der Waals surface area (Å²) in [5, 5.41) is 13.3. The van der Waals surface area contributed by atoms with E-state index in [2.05, 4.69) is 43.0 Å². The maximum absolute atomic E-state index is 6.15. The van der Waals surface area contributed by atoms with Gasteiger partial charge in [0.25, 0.3) is 0 Å². The van der Waals surface area contributed by atoms with Gasteiger partial charge in [-0.1, -0.05) is 11.6 Å². The van der Waals surface area contributed by atoms with Crippen LogP contribution in [0, 0.1) is 0 Å². The number of H-pyrrole nitrogens is 1. The van der Waals surface area contributed by atoms with Crippen molar-refractivity contribution in [3.63, 3.8) is 0 Å². The van der Waals surface area contributed by atoms with E-state index < -0.39 is 0 Å². The summed E-state index contributed by atoms with van der Waals surface area (Å²) in [7, 11) is 3.78. The molecular formula is C21H29ClIN7. The molecule has 7 nitrogen and oxygen atoms in total. The molecule has 2 aromatic heterocycles. The van der Waals surface area contributed by atoms with Crippen LogP contribution < -0.4 is 15.5 Å². The molecule has 9 heteroatoms. The molecule has 0 amide bonds. The lowest BCUT2D eigenvalue weighted by Crippen LogP contribution is -2.51. The van der Waals surface area contributed by atoms with Crippen LogP contribution in [0.1, 0.15) is 18.4 Å². The minimum Gasteiger partial charge on any atom is -0.367 e. The van der Waals surface area contributed by atoms with Crippen LogP contribution in [0.15, 0.2) is 41.8 Å². The topological polar surface area (TPSA) is 73.3 Å². The number of nitrogens with one attached hydrogen (secondary N) is 3. The summed E-state index contributed by atoms with van der Waals surface area (Å²) in [6, 6.07) is 6.31. The number of guanidine groups is 1. The standard InChI is InChI=1S/C21H28ClN7.HI/c1-23-21(24-8-7-15-11-25-20-6-5-16(22)10-19(15)20)27-17-4-3-9-29(13-17)18-12-26-28(2)14-18;/h5-6,10-12,14,17,25H,3-4,7-9,13H2,1-2H3,(H2,23,24,27);1H. The third kappa shape index (κ3) is 5.40. The van der Waals surface area contributed by atoms with Gasteiger partial charge in [-0.25, -0.2) is 0 Å². The lowest BCUT2D eigenvalue weighted by molar-refractivity contribution is 0.468. The maximum atomic E-state index is 6.15. The third-order valence-corrected chi connectivity index (χ3v) is 5.69. The number of aliphatic imine (C=N–C) groups is 1. The largest absolute Gasteiger partial charge is 0.367 e. The van der Waals surface area contributed by atoms with Crippen LogP contribution in [0.2, 0.25) is 5.02 Å². The van der Waals surface area contributed by atoms with Gasteiger partial charge < -0.3 is 20.5 Å². The summed E-state index contributed by atoms with van der Waals surface area (Å²) in [5.41, 5.74) is 3.55. The summed E-state index contributed by atoms with van der Waals surface area (Å²) in [6.45, 7) is 2.82. The van der Waals surface area contributed by atoms with E-state index in [1.165, 1.54) is 16.6 Å². The number of hydrogen-bond donors (Lipinski definition) is 3. The minimum absolute atomic E-state index is 0. The summed E-state index contributed by atoms with van der Waals surface area (Å²) < 4.78 is 1.85. The molecule has 1 aliphatic heterocycles. The maximum Gasteiger partial charge on any atom is 0.191 e. The quantitative estimate of drug-likeness (QED) is 0.262. The Bertz CT molecular complexity index is 996. The summed E-state index contributed by atoms with van der Waals surface area (Å²) in [4.78, 5) is 10.1. The molecule has 3 N–H and O–H groups in total. The number of nitrogens with zero attached hydrogens (tertiary/aromatic N) is 4. The lowest BCUT2D eigenvalue weighted by atomic mass is 10.1. The van der Waals surface area contributed by atoms with Crippen molar-refractivity contribution in [2.24, 2.45) is 12.0 Å². The van der Waals surface area contributed by atoms with Gasteiger partial charge in [-0.3, -0.25) is 9.67 Å². The molecule has 1 saturated heterocycles. The zero-order valence-corrected chi connectivity index (χ0v) is 20.4. The predicted molar refractivity (Wildman–Crippen MR) is 135 cm³/mol. The van der Waals surface area contributed by atoms with Gasteiger partial charge >= 0.3 is 0 Å². The van der Waals surface area contributed by atoms with E-state index in [4.69, 9.17) is 11.6 Å². The van der Waals surface area contributed by atoms with Gasteiger partial charge in [0.05, 0.1) is 11.9 Å². The van der Waals surface area contributed by atoms with Crippen LogP contribution in [-0.4, -0.2) is 53.4 Å². The summed E-state index contributed by atoms with van der Waals surface area (Å²) in [6.07, 6.45) is 9.25. The number of aryl methyl sites for hydroxylation is 1. The number of rotatable bonds is 5. The van der Waals surface area contributed by atoms with Gasteiger partial charge in [0.2, 0.25) is 0 Å². The third-order valence-electron chi connectivity index (χ3n) is 5.46. The van der Waals surface area contributed by atoms with Crippen molar-refractivity contribution >= 4 is 58.1 Å². The van der Waals surface area contributed by atoms with E-state index in [0.717, 1.165) is 55.4 Å². The zero-order chi connectivity index (χ0) is 20.2. The molecule has 30 heavy (non-hydrogen) atoms. The zero-order valence-electron chi connectivity index (χ0n) is 17.4. The first-order valence-corrected chi connectivity index (χ1v) is 10.5. The Labute approximate surface area is 199 Å². The van der Waals surface area contributed by atoms with Gasteiger partial charge in [0.1, 0.15) is 0 Å². The van der Waals surface area contributed by atoms with Crippen LogP contribution in [0.4, 0.5) is 5.69 Å². The first-order valence-electron chi connectivity index (χ1n) is 10.1. The Hall–Kier alpha value is -1.94. The van der Waals surface area contributed by atoms with Crippen molar-refractivity contribution in [2.45, 2.75) is 25.3 Å². The summed E-state index contributed by atoms with van der Waals surface area (Å²) >= 11 is 6.15. The Morgan fingerprint density at radius 1 is 1.40 bits per heavy atom. The number of piperidine rings is 1. The molecule has 4 rings (SSSR count). The van der Waals surface area contributed by atoms with Crippen LogP contribution in [-0.2, 0) is 13.5 Å². The Morgan fingerprint density at radius 2 is 2.27 bits per heavy atom. The van der Waals surface area contributed by atoms with Gasteiger partial charge in [-0.05, 0) is 43.0 Å². The Kier molecular flexibility index (Phi) is 7.87. The fraction of sp³-hybridized carbons (Fsp3) is 0.429. The Balaban J connectivity index is 0.00000256. The Morgan fingerprint density at radius 3 is 3.03 bits per heavy atom. The van der Waals surface area contributed by atoms with Crippen LogP contribution in [0.5, 0.6) is 0 Å². The molecule has 0 radical (unpaired) electrons. The first kappa shape index (κ1) is 22.7. The van der Waals surface area contributed by atoms with Crippen LogP contribution in [0.3, 0.4) is 0 Å². The fourth-order valence-corrected chi connectivity index (χ4v) is 4.13. The number of aromatic nitrogens is 3. The molecule has 162 valence electrons. The minimum atomic E-state index is 0. The normalized spacial score (nSPS) is 17.1. The number of aromatic amines is 1. The molecule has 0 bridgehead atoms. The second-order valence-electron chi connectivity index (χ2n) is 7.55. The fourth-order valence-electron chi connectivity index (χ4n) is 3.96. The van der Waals surface area contributed by atoms with Crippen molar-refractivity contribution in [3.05, 3.63) is 47.4 Å². The molecule has 0 spiro atoms. The van der Waals surface area contributed by atoms with Gasteiger partial charge in [0, 0.05) is 68.1 Å². The molecule has 1 aromatic carbocycles. The molecule has 1 aliphatic rings. The van der Waals surface area contributed by atoms with Crippen molar-refractivity contribution in [3.8, 4) is 0 Å². The number of halogens is 2. The molecule has 3 aromatic rings. The van der Waals surface area contributed by atoms with Crippen LogP contribution >= 0.6 is 35.6 Å². The number of hydrogen-bond acceptors (Lipinski definition) is 3. The number of benzene rings is 1. The monoisotopic (exact) mass is 541 g/mol. The molecule has 0 aliphatic carbocycles. The number of fused-ring (bicyclic) bond motifs is 1. The van der Waals surface area contributed by atoms with E-state index in [1.54, 1.807) is 0 Å². The van der Waals surface area contributed by atoms with Crippen molar-refractivity contribution in [1.82, 2.24) is 25.4 Å². The highest BCUT2D eigenvalue weighted by Gasteiger charge is 2.21. The van der Waals surface area contributed by atoms with Crippen molar-refractivity contribution in [2.75, 3.05) is 31.6 Å². The van der Waals surface area contributed by atoms with Crippen molar-refractivity contribution in [1.29, 1.82) is 0 Å². The highest BCUT2D eigenvalue weighted by molar-refractivity contribution is 14.0. The molecule has 3 heterocycles. The van der Waals surface area contributed by atoms with Gasteiger partial charge in [-0.15, -0.1) is 24.0 Å². The van der Waals surface area contributed by atoms with E-state index in [-0.39, 0.29) is 24.0 Å². The lowest BCUT2D eigenvalue weighted by Gasteiger charge is -2.34. The average Bonchev–Trinajstić information content (AvgIpc) is 3.33. The molecule has 1 fully saturated rings. The van der Waals surface area contributed by atoms with E-state index in [1.807, 2.05) is 43.2 Å². The molecular weight excluding hydrogens is 513 g/mol. The van der Waals surface area contributed by atoms with E-state index in [0.29, 0.717) is 6.04 Å².